The first-order valence-electron chi connectivity index (χ1n) is 8.74. The molecule has 2 N–H and O–H groups in total. The summed E-state index contributed by atoms with van der Waals surface area (Å²) in [6.07, 6.45) is 5.56. The highest BCUT2D eigenvalue weighted by Crippen LogP contribution is 2.30. The minimum atomic E-state index is -0.764. The zero-order chi connectivity index (χ0) is 17.8. The third-order valence-electron chi connectivity index (χ3n) is 4.92. The number of amides is 1. The number of aliphatic hydroxyl groups is 1. The number of benzene rings is 1. The second-order valence-corrected chi connectivity index (χ2v) is 6.53. The van der Waals surface area contributed by atoms with Gasteiger partial charge in [-0.15, -0.1) is 0 Å². The normalized spacial score (nSPS) is 16.0. The average molecular weight is 343 g/mol. The van der Waals surface area contributed by atoms with Crippen molar-refractivity contribution < 1.29 is 14.6 Å². The molecule has 6 heteroatoms. The number of aromatic nitrogens is 2. The molecular formula is C19H25N3O3. The van der Waals surface area contributed by atoms with Gasteiger partial charge in [0.15, 0.2) is 0 Å². The van der Waals surface area contributed by atoms with Gasteiger partial charge in [0.2, 0.25) is 0 Å². The molecule has 0 spiro atoms. The van der Waals surface area contributed by atoms with E-state index in [0.29, 0.717) is 11.6 Å². The summed E-state index contributed by atoms with van der Waals surface area (Å²) in [6.45, 7) is 2.08. The predicted octanol–water partition coefficient (Wildman–Crippen LogP) is 2.78. The van der Waals surface area contributed by atoms with Crippen molar-refractivity contribution in [2.45, 2.75) is 44.8 Å². The van der Waals surface area contributed by atoms with Gasteiger partial charge in [-0.1, -0.05) is 25.0 Å². The van der Waals surface area contributed by atoms with E-state index in [-0.39, 0.29) is 12.5 Å². The molecule has 1 fully saturated rings. The number of carbonyl (C=O) groups excluding carboxylic acids is 1. The fraction of sp³-hybridized carbons (Fsp3) is 0.474. The molecule has 1 unspecified atom stereocenters. The van der Waals surface area contributed by atoms with Gasteiger partial charge < -0.3 is 15.2 Å². The molecule has 1 amide bonds. The van der Waals surface area contributed by atoms with Crippen LogP contribution >= 0.6 is 0 Å². The van der Waals surface area contributed by atoms with Crippen molar-refractivity contribution in [2.75, 3.05) is 13.7 Å². The van der Waals surface area contributed by atoms with E-state index in [1.54, 1.807) is 37.6 Å². The second-order valence-electron chi connectivity index (χ2n) is 6.53. The summed E-state index contributed by atoms with van der Waals surface area (Å²) in [5.74, 6) is 0.532. The van der Waals surface area contributed by atoms with E-state index in [0.717, 1.165) is 29.8 Å². The molecule has 6 nitrogen and oxygen atoms in total. The van der Waals surface area contributed by atoms with Gasteiger partial charge in [-0.05, 0) is 37.5 Å². The van der Waals surface area contributed by atoms with Gasteiger partial charge in [0.25, 0.3) is 5.91 Å². The summed E-state index contributed by atoms with van der Waals surface area (Å²) in [5, 5.41) is 17.5. The van der Waals surface area contributed by atoms with Crippen molar-refractivity contribution >= 4 is 5.91 Å². The summed E-state index contributed by atoms with van der Waals surface area (Å²) in [7, 11) is 1.60. The Hall–Kier alpha value is -2.34. The average Bonchev–Trinajstić information content (AvgIpc) is 3.29. The molecule has 1 aliphatic rings. The van der Waals surface area contributed by atoms with Crippen LogP contribution < -0.4 is 10.1 Å². The highest BCUT2D eigenvalue weighted by molar-refractivity contribution is 5.95. The maximum absolute atomic E-state index is 12.4. The van der Waals surface area contributed by atoms with Gasteiger partial charge in [0, 0.05) is 12.2 Å². The zero-order valence-corrected chi connectivity index (χ0v) is 14.7. The van der Waals surface area contributed by atoms with Crippen molar-refractivity contribution in [3.05, 3.63) is 47.3 Å². The summed E-state index contributed by atoms with van der Waals surface area (Å²) in [4.78, 5) is 12.4. The number of carbonyl (C=O) groups is 1. The van der Waals surface area contributed by atoms with E-state index in [2.05, 4.69) is 10.4 Å². The molecular weight excluding hydrogens is 318 g/mol. The van der Waals surface area contributed by atoms with E-state index in [9.17, 15) is 9.90 Å². The number of nitrogens with one attached hydrogen (secondary N) is 1. The maximum atomic E-state index is 12.4. The third-order valence-corrected chi connectivity index (χ3v) is 4.92. The van der Waals surface area contributed by atoms with Crippen LogP contribution in [0.5, 0.6) is 5.75 Å². The highest BCUT2D eigenvalue weighted by Gasteiger charge is 2.22. The number of nitrogens with zero attached hydrogens (tertiary/aromatic N) is 2. The van der Waals surface area contributed by atoms with Crippen LogP contribution in [0.3, 0.4) is 0 Å². The van der Waals surface area contributed by atoms with Crippen LogP contribution in [-0.2, 0) is 0 Å². The molecule has 0 aliphatic heterocycles. The van der Waals surface area contributed by atoms with Crippen LogP contribution in [0.4, 0.5) is 0 Å². The molecule has 1 atom stereocenters. The Morgan fingerprint density at radius 3 is 2.68 bits per heavy atom. The number of ether oxygens (including phenoxy) is 1. The summed E-state index contributed by atoms with van der Waals surface area (Å²) in [5.41, 5.74) is 2.21. The van der Waals surface area contributed by atoms with Gasteiger partial charge in [-0.3, -0.25) is 9.48 Å². The molecule has 1 aromatic carbocycles. The fourth-order valence-electron chi connectivity index (χ4n) is 3.39. The summed E-state index contributed by atoms with van der Waals surface area (Å²) in [6, 6.07) is 7.57. The largest absolute Gasteiger partial charge is 0.497 e. The predicted molar refractivity (Wildman–Crippen MR) is 94.8 cm³/mol. The Morgan fingerprint density at radius 2 is 2.04 bits per heavy atom. The summed E-state index contributed by atoms with van der Waals surface area (Å²) < 4.78 is 7.08. The molecule has 1 heterocycles. The van der Waals surface area contributed by atoms with E-state index >= 15 is 0 Å². The lowest BCUT2D eigenvalue weighted by Gasteiger charge is -2.14. The lowest BCUT2D eigenvalue weighted by Crippen LogP contribution is -2.28. The van der Waals surface area contributed by atoms with Gasteiger partial charge in [0.05, 0.1) is 31.0 Å². The van der Waals surface area contributed by atoms with Gasteiger partial charge in [-0.25, -0.2) is 0 Å². The van der Waals surface area contributed by atoms with E-state index < -0.39 is 6.10 Å². The maximum Gasteiger partial charge on any atom is 0.254 e. The van der Waals surface area contributed by atoms with Crippen LogP contribution in [0.15, 0.2) is 30.5 Å². The van der Waals surface area contributed by atoms with Crippen LogP contribution in [0, 0.1) is 6.92 Å². The monoisotopic (exact) mass is 343 g/mol. The minimum absolute atomic E-state index is 0.152. The fourth-order valence-corrected chi connectivity index (χ4v) is 3.39. The molecule has 25 heavy (non-hydrogen) atoms. The van der Waals surface area contributed by atoms with E-state index in [1.807, 2.05) is 11.6 Å². The van der Waals surface area contributed by atoms with Crippen LogP contribution in [-0.4, -0.2) is 34.4 Å². The third kappa shape index (κ3) is 3.85. The first kappa shape index (κ1) is 17.5. The van der Waals surface area contributed by atoms with Crippen LogP contribution in [0.2, 0.25) is 0 Å². The lowest BCUT2D eigenvalue weighted by atomic mass is 10.1. The van der Waals surface area contributed by atoms with Gasteiger partial charge >= 0.3 is 0 Å². The lowest BCUT2D eigenvalue weighted by molar-refractivity contribution is 0.0915. The Labute approximate surface area is 147 Å². The van der Waals surface area contributed by atoms with E-state index in [4.69, 9.17) is 4.74 Å². The van der Waals surface area contributed by atoms with Crippen LogP contribution in [0.1, 0.15) is 59.4 Å². The summed E-state index contributed by atoms with van der Waals surface area (Å²) >= 11 is 0. The number of hydrogen-bond acceptors (Lipinski definition) is 4. The quantitative estimate of drug-likeness (QED) is 0.845. The number of methoxy groups -OCH3 is 1. The molecule has 3 rings (SSSR count). The van der Waals surface area contributed by atoms with Crippen molar-refractivity contribution in [3.8, 4) is 5.75 Å². The number of hydrogen-bond donors (Lipinski definition) is 2. The number of aliphatic hydroxyl groups excluding tert-OH is 1. The smallest absolute Gasteiger partial charge is 0.254 e. The highest BCUT2D eigenvalue weighted by atomic mass is 16.5. The Morgan fingerprint density at radius 1 is 1.36 bits per heavy atom. The van der Waals surface area contributed by atoms with Crippen molar-refractivity contribution in [3.63, 3.8) is 0 Å². The Kier molecular flexibility index (Phi) is 5.38. The molecule has 0 radical (unpaired) electrons. The SMILES string of the molecule is COc1ccc(C(O)CNC(=O)c2cnn(C3CCCC3)c2C)cc1. The van der Waals surface area contributed by atoms with E-state index in [1.165, 1.54) is 12.8 Å². The number of rotatable bonds is 6. The van der Waals surface area contributed by atoms with Crippen molar-refractivity contribution in [1.29, 1.82) is 0 Å². The van der Waals surface area contributed by atoms with Gasteiger partial charge in [0.1, 0.15) is 5.75 Å². The molecule has 0 bridgehead atoms. The Balaban J connectivity index is 1.60. The molecule has 2 aromatic rings. The van der Waals surface area contributed by atoms with Crippen molar-refractivity contribution in [1.82, 2.24) is 15.1 Å². The topological polar surface area (TPSA) is 76.4 Å². The molecule has 1 aromatic heterocycles. The van der Waals surface area contributed by atoms with Crippen molar-refractivity contribution in [2.24, 2.45) is 0 Å². The molecule has 1 aliphatic carbocycles. The molecule has 0 saturated heterocycles. The second kappa shape index (κ2) is 7.70. The van der Waals surface area contributed by atoms with Crippen LogP contribution in [0.25, 0.3) is 0 Å². The first-order valence-corrected chi connectivity index (χ1v) is 8.74. The molecule has 1 saturated carbocycles. The zero-order valence-electron chi connectivity index (χ0n) is 14.7. The van der Waals surface area contributed by atoms with Gasteiger partial charge in [-0.2, -0.15) is 5.10 Å². The molecule has 134 valence electrons. The minimum Gasteiger partial charge on any atom is -0.497 e. The first-order chi connectivity index (χ1) is 12.1. The standard InChI is InChI=1S/C19H25N3O3/c1-13-17(11-21-22(13)15-5-3-4-6-15)19(24)20-12-18(23)14-7-9-16(25-2)10-8-14/h7-11,15,18,23H,3-6,12H2,1-2H3,(H,20,24). The Bertz CT molecular complexity index is 718.